The molecule has 4 nitrogen and oxygen atoms in total. The molecule has 1 heterocycles. The highest BCUT2D eigenvalue weighted by Crippen LogP contribution is 2.35. The minimum atomic E-state index is -0.449. The second kappa shape index (κ2) is 4.61. The van der Waals surface area contributed by atoms with Gasteiger partial charge in [-0.3, -0.25) is 0 Å². The van der Waals surface area contributed by atoms with Gasteiger partial charge in [-0.25, -0.2) is 4.79 Å². The van der Waals surface area contributed by atoms with E-state index in [1.165, 1.54) is 0 Å². The lowest BCUT2D eigenvalue weighted by atomic mass is 9.87. The monoisotopic (exact) mass is 247 g/mol. The average Bonchev–Trinajstić information content (AvgIpc) is 2.77. The molecule has 1 aromatic carbocycles. The molecule has 0 aromatic heterocycles. The third-order valence-electron chi connectivity index (χ3n) is 3.67. The van der Waals surface area contributed by atoms with Gasteiger partial charge in [-0.15, -0.1) is 0 Å². The van der Waals surface area contributed by atoms with Crippen LogP contribution < -0.4 is 10.5 Å². The van der Waals surface area contributed by atoms with Gasteiger partial charge < -0.3 is 15.2 Å². The summed E-state index contributed by atoms with van der Waals surface area (Å²) < 4.78 is 10.7. The molecule has 0 amide bonds. The summed E-state index contributed by atoms with van der Waals surface area (Å²) in [5.74, 6) is 0.541. The van der Waals surface area contributed by atoms with Gasteiger partial charge in [0, 0.05) is 12.5 Å². The smallest absolute Gasteiger partial charge is 0.347 e. The fourth-order valence-electron chi connectivity index (χ4n) is 2.70. The summed E-state index contributed by atoms with van der Waals surface area (Å²) in [5.41, 5.74) is 8.42. The van der Waals surface area contributed by atoms with Crippen molar-refractivity contribution in [2.24, 2.45) is 5.73 Å². The van der Waals surface area contributed by atoms with Gasteiger partial charge in [-0.2, -0.15) is 0 Å². The van der Waals surface area contributed by atoms with Crippen LogP contribution in [0.2, 0.25) is 0 Å². The number of nitrogens with two attached hydrogens (primary N) is 1. The highest BCUT2D eigenvalue weighted by molar-refractivity contribution is 5.76. The van der Waals surface area contributed by atoms with E-state index in [-0.39, 0.29) is 12.0 Å². The minimum Gasteiger partial charge on any atom is -0.478 e. The van der Waals surface area contributed by atoms with Crippen molar-refractivity contribution in [3.8, 4) is 5.75 Å². The Morgan fingerprint density at radius 3 is 3.00 bits per heavy atom. The van der Waals surface area contributed by atoms with Crippen LogP contribution in [0, 0.1) is 0 Å². The number of benzene rings is 1. The fourth-order valence-corrected chi connectivity index (χ4v) is 2.70. The largest absolute Gasteiger partial charge is 0.478 e. The summed E-state index contributed by atoms with van der Waals surface area (Å²) in [6.07, 6.45) is 3.25. The maximum atomic E-state index is 11.4. The average molecular weight is 247 g/mol. The van der Waals surface area contributed by atoms with Gasteiger partial charge in [0.2, 0.25) is 0 Å². The highest BCUT2D eigenvalue weighted by atomic mass is 16.6. The zero-order chi connectivity index (χ0) is 12.5. The Labute approximate surface area is 106 Å². The second-order valence-electron chi connectivity index (χ2n) is 4.89. The number of fused-ring (bicyclic) bond motifs is 1. The predicted octanol–water partition coefficient (Wildman–Crippen LogP) is 1.72. The van der Waals surface area contributed by atoms with Crippen LogP contribution in [0.5, 0.6) is 5.75 Å². The molecule has 18 heavy (non-hydrogen) atoms. The van der Waals surface area contributed by atoms with E-state index >= 15 is 0 Å². The molecule has 96 valence electrons. The molecule has 2 N–H and O–H groups in total. The first-order valence-corrected chi connectivity index (χ1v) is 6.46. The number of carbonyl (C=O) groups excluding carboxylic acids is 1. The number of carbonyl (C=O) groups is 1. The summed E-state index contributed by atoms with van der Waals surface area (Å²) in [7, 11) is 0. The Hall–Kier alpha value is -1.55. The second-order valence-corrected chi connectivity index (χ2v) is 4.89. The number of esters is 1. The molecule has 2 atom stereocenters. The Balaban J connectivity index is 1.88. The molecular weight excluding hydrogens is 230 g/mol. The van der Waals surface area contributed by atoms with Gasteiger partial charge in [0.15, 0.2) is 6.10 Å². The summed E-state index contributed by atoms with van der Waals surface area (Å²) >= 11 is 0. The first kappa shape index (κ1) is 11.5. The quantitative estimate of drug-likeness (QED) is 0.808. The lowest BCUT2D eigenvalue weighted by molar-refractivity contribution is -0.143. The Bertz CT molecular complexity index is 472. The van der Waals surface area contributed by atoms with Crippen molar-refractivity contribution in [2.75, 3.05) is 6.61 Å². The lowest BCUT2D eigenvalue weighted by Gasteiger charge is -2.25. The number of rotatable bonds is 2. The van der Waals surface area contributed by atoms with Gasteiger partial charge >= 0.3 is 5.97 Å². The van der Waals surface area contributed by atoms with Crippen molar-refractivity contribution in [1.82, 2.24) is 0 Å². The molecule has 0 radical (unpaired) electrons. The van der Waals surface area contributed by atoms with E-state index in [2.05, 4.69) is 6.07 Å². The number of hydrogen-bond donors (Lipinski definition) is 1. The standard InChI is InChI=1S/C14H17NO3/c15-11-5-1-4-10-9(11)3-2-6-12(10)18-13-7-8-17-14(13)16/h2-3,6,11,13H,1,4-5,7-8,15H2. The molecule has 0 bridgehead atoms. The van der Waals surface area contributed by atoms with Gasteiger partial charge in [-0.05, 0) is 36.5 Å². The molecule has 4 heteroatoms. The topological polar surface area (TPSA) is 61.6 Å². The SMILES string of the molecule is NC1CCCc2c(OC3CCOC3=O)cccc21. The van der Waals surface area contributed by atoms with Crippen LogP contribution in [0.1, 0.15) is 36.4 Å². The van der Waals surface area contributed by atoms with Crippen LogP contribution in [-0.2, 0) is 16.0 Å². The summed E-state index contributed by atoms with van der Waals surface area (Å²) in [5, 5.41) is 0. The molecule has 1 aromatic rings. The number of cyclic esters (lactones) is 1. The van der Waals surface area contributed by atoms with Crippen molar-refractivity contribution in [3.05, 3.63) is 29.3 Å². The normalized spacial score (nSPS) is 26.6. The first-order chi connectivity index (χ1) is 8.75. The number of hydrogen-bond acceptors (Lipinski definition) is 4. The number of ether oxygens (including phenoxy) is 2. The molecule has 0 saturated carbocycles. The fraction of sp³-hybridized carbons (Fsp3) is 0.500. The van der Waals surface area contributed by atoms with Crippen molar-refractivity contribution in [1.29, 1.82) is 0 Å². The highest BCUT2D eigenvalue weighted by Gasteiger charge is 2.30. The molecule has 1 aliphatic carbocycles. The molecule has 3 rings (SSSR count). The molecular formula is C14H17NO3. The summed E-state index contributed by atoms with van der Waals surface area (Å²) in [4.78, 5) is 11.4. The van der Waals surface area contributed by atoms with E-state index < -0.39 is 6.10 Å². The van der Waals surface area contributed by atoms with Crippen LogP contribution in [0.3, 0.4) is 0 Å². The van der Waals surface area contributed by atoms with Crippen LogP contribution >= 0.6 is 0 Å². The third kappa shape index (κ3) is 1.97. The van der Waals surface area contributed by atoms with Crippen LogP contribution in [0.4, 0.5) is 0 Å². The van der Waals surface area contributed by atoms with Crippen molar-refractivity contribution >= 4 is 5.97 Å². The zero-order valence-corrected chi connectivity index (χ0v) is 10.2. The molecule has 1 saturated heterocycles. The molecule has 2 aliphatic rings. The Morgan fingerprint density at radius 1 is 1.33 bits per heavy atom. The van der Waals surface area contributed by atoms with E-state index in [0.29, 0.717) is 13.0 Å². The van der Waals surface area contributed by atoms with Gasteiger partial charge in [0.05, 0.1) is 6.61 Å². The Kier molecular flexibility index (Phi) is 2.96. The van der Waals surface area contributed by atoms with Crippen molar-refractivity contribution in [2.45, 2.75) is 37.8 Å². The predicted molar refractivity (Wildman–Crippen MR) is 66.3 cm³/mol. The van der Waals surface area contributed by atoms with Crippen molar-refractivity contribution in [3.63, 3.8) is 0 Å². The Morgan fingerprint density at radius 2 is 2.22 bits per heavy atom. The van der Waals surface area contributed by atoms with Gasteiger partial charge in [0.1, 0.15) is 5.75 Å². The lowest BCUT2D eigenvalue weighted by Crippen LogP contribution is -2.24. The third-order valence-corrected chi connectivity index (χ3v) is 3.67. The van der Waals surface area contributed by atoms with Gasteiger partial charge in [-0.1, -0.05) is 12.1 Å². The van der Waals surface area contributed by atoms with Gasteiger partial charge in [0.25, 0.3) is 0 Å². The first-order valence-electron chi connectivity index (χ1n) is 6.46. The summed E-state index contributed by atoms with van der Waals surface area (Å²) in [6, 6.07) is 6.01. The van der Waals surface area contributed by atoms with Crippen molar-refractivity contribution < 1.29 is 14.3 Å². The molecule has 2 unspecified atom stereocenters. The van der Waals surface area contributed by atoms with E-state index in [1.807, 2.05) is 12.1 Å². The van der Waals surface area contributed by atoms with Crippen LogP contribution in [-0.4, -0.2) is 18.7 Å². The van der Waals surface area contributed by atoms with E-state index in [0.717, 1.165) is 36.1 Å². The van der Waals surface area contributed by atoms with E-state index in [4.69, 9.17) is 15.2 Å². The van der Waals surface area contributed by atoms with E-state index in [9.17, 15) is 4.79 Å². The van der Waals surface area contributed by atoms with Crippen LogP contribution in [0.25, 0.3) is 0 Å². The molecule has 1 aliphatic heterocycles. The summed E-state index contributed by atoms with van der Waals surface area (Å²) in [6.45, 7) is 0.456. The minimum absolute atomic E-state index is 0.0906. The van der Waals surface area contributed by atoms with Crippen LogP contribution in [0.15, 0.2) is 18.2 Å². The molecule has 0 spiro atoms. The maximum absolute atomic E-state index is 11.4. The van der Waals surface area contributed by atoms with E-state index in [1.54, 1.807) is 0 Å². The maximum Gasteiger partial charge on any atom is 0.347 e. The molecule has 1 fully saturated rings. The zero-order valence-electron chi connectivity index (χ0n) is 10.2.